The zero-order valence-corrected chi connectivity index (χ0v) is 19.3. The minimum Gasteiger partial charge on any atom is -0.314 e. The van der Waals surface area contributed by atoms with E-state index in [2.05, 4.69) is 21.6 Å². The molecule has 1 aliphatic rings. The van der Waals surface area contributed by atoms with Crippen molar-refractivity contribution in [2.75, 3.05) is 11.9 Å². The minimum atomic E-state index is -0.227. The number of anilines is 1. The van der Waals surface area contributed by atoms with Crippen molar-refractivity contribution in [1.29, 1.82) is 5.26 Å². The van der Waals surface area contributed by atoms with Crippen molar-refractivity contribution in [3.63, 3.8) is 0 Å². The summed E-state index contributed by atoms with van der Waals surface area (Å²) in [6, 6.07) is 12.6. The quantitative estimate of drug-likeness (QED) is 0.548. The van der Waals surface area contributed by atoms with E-state index in [0.29, 0.717) is 39.9 Å². The lowest BCUT2D eigenvalue weighted by Crippen LogP contribution is -2.35. The maximum Gasteiger partial charge on any atom is 0.322 e. The third kappa shape index (κ3) is 4.29. The number of aryl methyl sites for hydroxylation is 1. The molecule has 1 fully saturated rings. The zero-order valence-electron chi connectivity index (χ0n) is 17.8. The number of nitrogens with one attached hydrogen (secondary N) is 1. The Morgan fingerprint density at radius 1 is 1.19 bits per heavy atom. The number of halogens is 2. The Bertz CT molecular complexity index is 1200. The molecule has 7 nitrogen and oxygen atoms in total. The van der Waals surface area contributed by atoms with Gasteiger partial charge in [-0.3, -0.25) is 0 Å². The summed E-state index contributed by atoms with van der Waals surface area (Å²) in [5.74, 6) is 1.55. The molecule has 32 heavy (non-hydrogen) atoms. The number of nitrogens with zero attached hydrogens (tertiary/aromatic N) is 5. The summed E-state index contributed by atoms with van der Waals surface area (Å²) in [6.45, 7) is 4.91. The SMILES string of the molecule is Cc1c(NC(=O)N2CCC[C@@H]2c2nnc(C)n2Cc2ccc(Cl)cc2)ccc(C#N)c1Cl. The van der Waals surface area contributed by atoms with Crippen molar-refractivity contribution in [1.82, 2.24) is 19.7 Å². The maximum absolute atomic E-state index is 13.2. The zero-order chi connectivity index (χ0) is 22.8. The van der Waals surface area contributed by atoms with E-state index in [1.54, 1.807) is 24.0 Å². The fourth-order valence-electron chi connectivity index (χ4n) is 3.98. The molecular formula is C23H22Cl2N6O. The second-order valence-electron chi connectivity index (χ2n) is 7.81. The Morgan fingerprint density at radius 2 is 1.94 bits per heavy atom. The van der Waals surface area contributed by atoms with Gasteiger partial charge in [-0.1, -0.05) is 35.3 Å². The summed E-state index contributed by atoms with van der Waals surface area (Å²) in [7, 11) is 0. The van der Waals surface area contributed by atoms with Crippen LogP contribution in [0.25, 0.3) is 0 Å². The maximum atomic E-state index is 13.2. The minimum absolute atomic E-state index is 0.183. The smallest absolute Gasteiger partial charge is 0.314 e. The van der Waals surface area contributed by atoms with Crippen LogP contribution in [-0.4, -0.2) is 32.2 Å². The van der Waals surface area contributed by atoms with Crippen molar-refractivity contribution >= 4 is 34.9 Å². The van der Waals surface area contributed by atoms with Crippen molar-refractivity contribution < 1.29 is 4.79 Å². The van der Waals surface area contributed by atoms with Crippen LogP contribution in [0.1, 0.15) is 47.2 Å². The van der Waals surface area contributed by atoms with Crippen LogP contribution < -0.4 is 5.32 Å². The largest absolute Gasteiger partial charge is 0.322 e. The number of urea groups is 1. The molecule has 9 heteroatoms. The number of carbonyl (C=O) groups is 1. The van der Waals surface area contributed by atoms with Crippen molar-refractivity contribution in [3.8, 4) is 6.07 Å². The molecule has 0 bridgehead atoms. The highest BCUT2D eigenvalue weighted by Gasteiger charge is 2.34. The number of carbonyl (C=O) groups excluding carboxylic acids is 1. The average Bonchev–Trinajstić information content (AvgIpc) is 3.40. The van der Waals surface area contributed by atoms with E-state index in [9.17, 15) is 4.79 Å². The van der Waals surface area contributed by atoms with Crippen LogP contribution in [0.5, 0.6) is 0 Å². The van der Waals surface area contributed by atoms with E-state index >= 15 is 0 Å². The van der Waals surface area contributed by atoms with Gasteiger partial charge in [-0.15, -0.1) is 10.2 Å². The third-order valence-corrected chi connectivity index (χ3v) is 6.52. The monoisotopic (exact) mass is 468 g/mol. The van der Waals surface area contributed by atoms with E-state index in [-0.39, 0.29) is 12.1 Å². The van der Waals surface area contributed by atoms with Gasteiger partial charge in [0.1, 0.15) is 11.9 Å². The molecule has 2 aromatic carbocycles. The first-order chi connectivity index (χ1) is 15.4. The van der Waals surface area contributed by atoms with Crippen molar-refractivity contribution in [2.45, 2.75) is 39.3 Å². The lowest BCUT2D eigenvalue weighted by atomic mass is 10.1. The first-order valence-electron chi connectivity index (χ1n) is 10.3. The predicted octanol–water partition coefficient (Wildman–Crippen LogP) is 5.49. The van der Waals surface area contributed by atoms with Crippen LogP contribution in [0.3, 0.4) is 0 Å². The molecule has 4 rings (SSSR count). The third-order valence-electron chi connectivity index (χ3n) is 5.78. The van der Waals surface area contributed by atoms with Gasteiger partial charge in [0.15, 0.2) is 5.82 Å². The van der Waals surface area contributed by atoms with Gasteiger partial charge in [0.2, 0.25) is 0 Å². The number of rotatable bonds is 4. The van der Waals surface area contributed by atoms with E-state index in [1.165, 1.54) is 0 Å². The molecule has 0 spiro atoms. The van der Waals surface area contributed by atoms with Crippen LogP contribution in [0.15, 0.2) is 36.4 Å². The van der Waals surface area contributed by atoms with Crippen LogP contribution in [0.4, 0.5) is 10.5 Å². The Labute approximate surface area is 196 Å². The lowest BCUT2D eigenvalue weighted by molar-refractivity contribution is 0.204. The molecule has 1 aliphatic heterocycles. The molecule has 0 saturated carbocycles. The normalized spacial score (nSPS) is 15.6. The van der Waals surface area contributed by atoms with Crippen LogP contribution in [-0.2, 0) is 6.54 Å². The number of nitriles is 1. The summed E-state index contributed by atoms with van der Waals surface area (Å²) in [5.41, 5.74) is 2.71. The second kappa shape index (κ2) is 9.19. The molecular weight excluding hydrogens is 447 g/mol. The first-order valence-corrected chi connectivity index (χ1v) is 11.1. The standard InChI is InChI=1S/C23H22Cl2N6O/c1-14-19(10-7-17(12-26)21(14)25)27-23(32)30-11-3-4-20(30)22-29-28-15(2)31(22)13-16-5-8-18(24)9-6-16/h5-10,20H,3-4,11,13H2,1-2H3,(H,27,32)/t20-/m1/s1. The van der Waals surface area contributed by atoms with Crippen LogP contribution in [0.2, 0.25) is 10.0 Å². The number of likely N-dealkylation sites (tertiary alicyclic amines) is 1. The predicted molar refractivity (Wildman–Crippen MR) is 124 cm³/mol. The molecule has 2 amide bonds. The molecule has 1 saturated heterocycles. The fourth-order valence-corrected chi connectivity index (χ4v) is 4.32. The topological polar surface area (TPSA) is 86.8 Å². The summed E-state index contributed by atoms with van der Waals surface area (Å²) < 4.78 is 2.04. The van der Waals surface area contributed by atoms with Crippen molar-refractivity contribution in [2.24, 2.45) is 0 Å². The second-order valence-corrected chi connectivity index (χ2v) is 8.63. The average molecular weight is 469 g/mol. The number of aromatic nitrogens is 3. The van der Waals surface area contributed by atoms with Gasteiger partial charge in [0, 0.05) is 17.3 Å². The van der Waals surface area contributed by atoms with Crippen LogP contribution >= 0.6 is 23.2 Å². The van der Waals surface area contributed by atoms with E-state index in [1.807, 2.05) is 35.8 Å². The summed E-state index contributed by atoms with van der Waals surface area (Å²) in [4.78, 5) is 15.0. The Hall–Kier alpha value is -3.08. The Kier molecular flexibility index (Phi) is 6.35. The van der Waals surface area contributed by atoms with Gasteiger partial charge in [-0.25, -0.2) is 4.79 Å². The van der Waals surface area contributed by atoms with Crippen LogP contribution in [0, 0.1) is 25.2 Å². The Balaban J connectivity index is 1.57. The molecule has 1 atom stereocenters. The molecule has 164 valence electrons. The summed E-state index contributed by atoms with van der Waals surface area (Å²) in [6.07, 6.45) is 1.68. The van der Waals surface area contributed by atoms with Gasteiger partial charge < -0.3 is 14.8 Å². The number of benzene rings is 2. The molecule has 1 aromatic heterocycles. The summed E-state index contributed by atoms with van der Waals surface area (Å²) >= 11 is 12.3. The van der Waals surface area contributed by atoms with Gasteiger partial charge in [0.05, 0.1) is 23.2 Å². The first kappa shape index (κ1) is 22.1. The Morgan fingerprint density at radius 3 is 2.66 bits per heavy atom. The van der Waals surface area contributed by atoms with Gasteiger partial charge in [-0.05, 0) is 62.1 Å². The molecule has 0 unspecified atom stereocenters. The number of amides is 2. The van der Waals surface area contributed by atoms with Crippen molar-refractivity contribution in [3.05, 3.63) is 74.8 Å². The highest BCUT2D eigenvalue weighted by atomic mass is 35.5. The highest BCUT2D eigenvalue weighted by molar-refractivity contribution is 6.33. The van der Waals surface area contributed by atoms with E-state index < -0.39 is 0 Å². The fraction of sp³-hybridized carbons (Fsp3) is 0.304. The van der Waals surface area contributed by atoms with E-state index in [0.717, 1.165) is 30.1 Å². The summed E-state index contributed by atoms with van der Waals surface area (Å²) in [5, 5.41) is 21.8. The molecule has 2 heterocycles. The highest BCUT2D eigenvalue weighted by Crippen LogP contribution is 2.33. The number of hydrogen-bond acceptors (Lipinski definition) is 4. The van der Waals surface area contributed by atoms with Gasteiger partial charge in [-0.2, -0.15) is 5.26 Å². The molecule has 0 aliphatic carbocycles. The lowest BCUT2D eigenvalue weighted by Gasteiger charge is -2.25. The number of hydrogen-bond donors (Lipinski definition) is 1. The molecule has 1 N–H and O–H groups in total. The van der Waals surface area contributed by atoms with Gasteiger partial charge in [0.25, 0.3) is 0 Å². The molecule has 3 aromatic rings. The van der Waals surface area contributed by atoms with E-state index in [4.69, 9.17) is 28.5 Å². The molecule has 0 radical (unpaired) electrons. The van der Waals surface area contributed by atoms with Gasteiger partial charge >= 0.3 is 6.03 Å².